The van der Waals surface area contributed by atoms with Gasteiger partial charge in [-0.05, 0) is 0 Å². The summed E-state index contributed by atoms with van der Waals surface area (Å²) in [5, 5.41) is 0. The van der Waals surface area contributed by atoms with Crippen LogP contribution >= 0.6 is 0 Å². The minimum Gasteiger partial charge on any atom is -1.00 e. The quantitative estimate of drug-likeness (QED) is 0.281. The SMILES string of the molecule is C[O+](C)C.[F-]. The first-order valence-corrected chi connectivity index (χ1v) is 1.22. The molecule has 0 aliphatic heterocycles. The molecule has 0 heterocycles. The van der Waals surface area contributed by atoms with Crippen LogP contribution in [-0.4, -0.2) is 21.3 Å². The predicted molar refractivity (Wildman–Crippen MR) is 18.9 cm³/mol. The Balaban J connectivity index is 0. The van der Waals surface area contributed by atoms with Crippen LogP contribution in [0.3, 0.4) is 0 Å². The molecule has 0 amide bonds. The largest absolute Gasteiger partial charge is 1.00 e. The Morgan fingerprint density at radius 1 is 1.00 bits per heavy atom. The summed E-state index contributed by atoms with van der Waals surface area (Å²) in [6, 6.07) is 0. The van der Waals surface area contributed by atoms with Crippen molar-refractivity contribution in [2.24, 2.45) is 0 Å². The summed E-state index contributed by atoms with van der Waals surface area (Å²) in [4.78, 5) is 0. The highest BCUT2D eigenvalue weighted by molar-refractivity contribution is 3.84. The minimum absolute atomic E-state index is 0. The normalized spacial score (nSPS) is 7.20. The molecular formula is C3H9FO. The first kappa shape index (κ1) is 8.86. The summed E-state index contributed by atoms with van der Waals surface area (Å²) in [7, 11) is 5.75. The second-order valence-electron chi connectivity index (χ2n) is 1.22. The van der Waals surface area contributed by atoms with E-state index in [1.54, 1.807) is 0 Å². The minimum atomic E-state index is 0. The van der Waals surface area contributed by atoms with E-state index in [0.717, 1.165) is 0 Å². The Hall–Kier alpha value is -0.110. The molecule has 0 atom stereocenters. The van der Waals surface area contributed by atoms with Gasteiger partial charge in [0.05, 0.1) is 0 Å². The first-order valence-electron chi connectivity index (χ1n) is 1.22. The fourth-order valence-electron chi connectivity index (χ4n) is 0. The van der Waals surface area contributed by atoms with Gasteiger partial charge in [0.15, 0.2) is 0 Å². The third kappa shape index (κ3) is 1150. The van der Waals surface area contributed by atoms with Gasteiger partial charge in [0.2, 0.25) is 0 Å². The summed E-state index contributed by atoms with van der Waals surface area (Å²) in [6.45, 7) is 0. The van der Waals surface area contributed by atoms with Gasteiger partial charge in [-0.3, -0.25) is 0 Å². The van der Waals surface area contributed by atoms with E-state index in [-0.39, 0.29) is 4.70 Å². The Bertz CT molecular complexity index is 11.6. The molecule has 0 saturated carbocycles. The van der Waals surface area contributed by atoms with E-state index in [0.29, 0.717) is 0 Å². The zero-order valence-corrected chi connectivity index (χ0v) is 3.79. The Morgan fingerprint density at radius 2 is 1.00 bits per heavy atom. The molecule has 5 heavy (non-hydrogen) atoms. The summed E-state index contributed by atoms with van der Waals surface area (Å²) < 4.78 is 2.58. The Morgan fingerprint density at radius 3 is 1.00 bits per heavy atom. The fourth-order valence-corrected chi connectivity index (χ4v) is 0. The fraction of sp³-hybridized carbons (Fsp3) is 1.00. The van der Waals surface area contributed by atoms with Crippen molar-refractivity contribution in [3.05, 3.63) is 0 Å². The molecular weight excluding hydrogens is 71.0 g/mol. The van der Waals surface area contributed by atoms with Crippen molar-refractivity contribution >= 4 is 0 Å². The van der Waals surface area contributed by atoms with Gasteiger partial charge < -0.3 is 9.07 Å². The summed E-state index contributed by atoms with van der Waals surface area (Å²) in [6.07, 6.45) is 0. The number of halogens is 1. The lowest BCUT2D eigenvalue weighted by molar-refractivity contribution is -0.00282. The smallest absolute Gasteiger partial charge is 0.135 e. The Kier molecular flexibility index (Phi) is 6.89. The lowest BCUT2D eigenvalue weighted by Gasteiger charge is -1.90. The molecule has 2 heteroatoms. The van der Waals surface area contributed by atoms with E-state index in [9.17, 15) is 0 Å². The van der Waals surface area contributed by atoms with E-state index in [1.807, 2.05) is 21.3 Å². The number of rotatable bonds is 0. The van der Waals surface area contributed by atoms with E-state index < -0.39 is 0 Å². The second-order valence-corrected chi connectivity index (χ2v) is 1.22. The average Bonchev–Trinajstić information content (AvgIpc) is 0.811. The average molecular weight is 80.1 g/mol. The van der Waals surface area contributed by atoms with Crippen molar-refractivity contribution in [1.29, 1.82) is 0 Å². The van der Waals surface area contributed by atoms with Crippen LogP contribution in [-0.2, 0) is 4.37 Å². The van der Waals surface area contributed by atoms with Crippen LogP contribution in [0.25, 0.3) is 0 Å². The summed E-state index contributed by atoms with van der Waals surface area (Å²) in [5.41, 5.74) is 0. The van der Waals surface area contributed by atoms with Crippen molar-refractivity contribution in [2.75, 3.05) is 21.3 Å². The summed E-state index contributed by atoms with van der Waals surface area (Å²) in [5.74, 6) is 0. The van der Waals surface area contributed by atoms with Gasteiger partial charge in [0, 0.05) is 0 Å². The van der Waals surface area contributed by atoms with E-state index in [4.69, 9.17) is 0 Å². The monoisotopic (exact) mass is 80.1 g/mol. The Labute approximate surface area is 31.6 Å². The van der Waals surface area contributed by atoms with Gasteiger partial charge in [-0.1, -0.05) is 0 Å². The predicted octanol–water partition coefficient (Wildman–Crippen LogP) is -2.57. The zero-order chi connectivity index (χ0) is 3.58. The molecule has 0 unspecified atom stereocenters. The van der Waals surface area contributed by atoms with Crippen LogP contribution in [0.2, 0.25) is 0 Å². The molecule has 0 aliphatic rings. The van der Waals surface area contributed by atoms with Crippen molar-refractivity contribution in [3.63, 3.8) is 0 Å². The van der Waals surface area contributed by atoms with Crippen LogP contribution < -0.4 is 4.70 Å². The highest BCUT2D eigenvalue weighted by Crippen LogP contribution is 1.60. The number of hydrogen-bond acceptors (Lipinski definition) is 0. The first-order chi connectivity index (χ1) is 1.73. The van der Waals surface area contributed by atoms with Gasteiger partial charge in [0.25, 0.3) is 0 Å². The van der Waals surface area contributed by atoms with Crippen molar-refractivity contribution < 1.29 is 9.07 Å². The van der Waals surface area contributed by atoms with Crippen LogP contribution in [0.5, 0.6) is 0 Å². The third-order valence-electron chi connectivity index (χ3n) is 0. The molecule has 0 aliphatic carbocycles. The molecule has 0 fully saturated rings. The van der Waals surface area contributed by atoms with E-state index in [2.05, 4.69) is 4.37 Å². The van der Waals surface area contributed by atoms with Crippen LogP contribution in [0, 0.1) is 0 Å². The third-order valence-corrected chi connectivity index (χ3v) is 0. The van der Waals surface area contributed by atoms with E-state index >= 15 is 0 Å². The second kappa shape index (κ2) is 3.89. The standard InChI is InChI=1S/C3H9O.FH/c1-4(2)3;/h1-3H3;1H/q+1;/p-1. The van der Waals surface area contributed by atoms with E-state index in [1.165, 1.54) is 0 Å². The molecule has 0 aromatic heterocycles. The maximum Gasteiger partial charge on any atom is 0.135 e. The molecule has 0 radical (unpaired) electrons. The van der Waals surface area contributed by atoms with Gasteiger partial charge in [-0.15, -0.1) is 0 Å². The van der Waals surface area contributed by atoms with Crippen LogP contribution in [0.15, 0.2) is 0 Å². The van der Waals surface area contributed by atoms with Crippen molar-refractivity contribution in [3.8, 4) is 0 Å². The highest BCUT2D eigenvalue weighted by atomic mass is 19.0. The van der Waals surface area contributed by atoms with Gasteiger partial charge in [-0.2, -0.15) is 0 Å². The molecule has 0 rings (SSSR count). The highest BCUT2D eigenvalue weighted by Gasteiger charge is 1.61. The van der Waals surface area contributed by atoms with Gasteiger partial charge >= 0.3 is 0 Å². The molecule has 0 saturated heterocycles. The van der Waals surface area contributed by atoms with Crippen molar-refractivity contribution in [2.45, 2.75) is 0 Å². The molecule has 0 aromatic rings. The molecule has 34 valence electrons. The molecule has 1 nitrogen and oxygen atoms in total. The zero-order valence-electron chi connectivity index (χ0n) is 3.79. The lowest BCUT2D eigenvalue weighted by atomic mass is 11.4. The van der Waals surface area contributed by atoms with Crippen molar-refractivity contribution in [1.82, 2.24) is 0 Å². The van der Waals surface area contributed by atoms with Crippen LogP contribution in [0.1, 0.15) is 0 Å². The molecule has 0 aromatic carbocycles. The maximum atomic E-state index is 2.58. The maximum absolute atomic E-state index is 2.58. The van der Waals surface area contributed by atoms with Gasteiger partial charge in [0.1, 0.15) is 21.3 Å². The lowest BCUT2D eigenvalue weighted by Crippen LogP contribution is -3.00. The van der Waals surface area contributed by atoms with Crippen LogP contribution in [0.4, 0.5) is 0 Å². The summed E-state index contributed by atoms with van der Waals surface area (Å²) >= 11 is 0. The molecule has 0 spiro atoms. The number of hydrogen-bond donors (Lipinski definition) is 0. The molecule has 0 bridgehead atoms. The topological polar surface area (TPSA) is 2.70 Å². The van der Waals surface area contributed by atoms with Gasteiger partial charge in [-0.25, -0.2) is 0 Å². The molecule has 0 N–H and O–H groups in total.